The van der Waals surface area contributed by atoms with Crippen LogP contribution in [0.25, 0.3) is 0 Å². The van der Waals surface area contributed by atoms with E-state index in [2.05, 4.69) is 10.3 Å². The number of carbonyl (C=O) groups is 2. The van der Waals surface area contributed by atoms with Crippen molar-refractivity contribution in [3.63, 3.8) is 0 Å². The number of hydrogen-bond donors (Lipinski definition) is 2. The van der Waals surface area contributed by atoms with Gasteiger partial charge in [0.15, 0.2) is 0 Å². The van der Waals surface area contributed by atoms with Gasteiger partial charge in [-0.3, -0.25) is 4.79 Å². The van der Waals surface area contributed by atoms with Gasteiger partial charge in [-0.25, -0.2) is 9.78 Å². The average Bonchev–Trinajstić information content (AvgIpc) is 2.24. The van der Waals surface area contributed by atoms with Crippen LogP contribution >= 0.6 is 23.2 Å². The van der Waals surface area contributed by atoms with Crippen LogP contribution in [0.5, 0.6) is 0 Å². The van der Waals surface area contributed by atoms with E-state index >= 15 is 0 Å². The van der Waals surface area contributed by atoms with Crippen molar-refractivity contribution in [1.29, 1.82) is 0 Å². The molecule has 0 bridgehead atoms. The first kappa shape index (κ1) is 13.7. The number of hydrogen-bond acceptors (Lipinski definition) is 3. The van der Waals surface area contributed by atoms with Crippen molar-refractivity contribution in [2.45, 2.75) is 19.4 Å². The Morgan fingerprint density at radius 1 is 1.47 bits per heavy atom. The highest BCUT2D eigenvalue weighted by molar-refractivity contribution is 6.34. The third-order valence-corrected chi connectivity index (χ3v) is 2.57. The second-order valence-electron chi connectivity index (χ2n) is 3.24. The second kappa shape index (κ2) is 5.84. The number of carbonyl (C=O) groups excluding carboxylic acids is 1. The quantitative estimate of drug-likeness (QED) is 0.825. The lowest BCUT2D eigenvalue weighted by molar-refractivity contribution is -0.139. The van der Waals surface area contributed by atoms with Gasteiger partial charge in [0.25, 0.3) is 5.91 Å². The van der Waals surface area contributed by atoms with Gasteiger partial charge in [-0.2, -0.15) is 0 Å². The third-order valence-electron chi connectivity index (χ3n) is 2.07. The number of pyridine rings is 1. The summed E-state index contributed by atoms with van der Waals surface area (Å²) in [5, 5.41) is 11.2. The van der Waals surface area contributed by atoms with E-state index in [-0.39, 0.29) is 22.3 Å². The third kappa shape index (κ3) is 3.57. The maximum Gasteiger partial charge on any atom is 0.326 e. The average molecular weight is 277 g/mol. The van der Waals surface area contributed by atoms with E-state index in [1.54, 1.807) is 6.92 Å². The van der Waals surface area contributed by atoms with Crippen molar-refractivity contribution >= 4 is 35.1 Å². The zero-order chi connectivity index (χ0) is 13.0. The van der Waals surface area contributed by atoms with Gasteiger partial charge >= 0.3 is 5.97 Å². The molecule has 0 saturated carbocycles. The molecule has 1 atom stereocenters. The zero-order valence-corrected chi connectivity index (χ0v) is 10.4. The summed E-state index contributed by atoms with van der Waals surface area (Å²) in [7, 11) is 0. The Hall–Kier alpha value is -1.33. The van der Waals surface area contributed by atoms with Gasteiger partial charge in [0.2, 0.25) is 0 Å². The Bertz CT molecular complexity index is 451. The van der Waals surface area contributed by atoms with Gasteiger partial charge in [0.1, 0.15) is 16.3 Å². The summed E-state index contributed by atoms with van der Waals surface area (Å²) >= 11 is 11.3. The number of nitrogens with zero attached hydrogens (tertiary/aromatic N) is 1. The predicted molar refractivity (Wildman–Crippen MR) is 63.4 cm³/mol. The lowest BCUT2D eigenvalue weighted by Crippen LogP contribution is -2.40. The van der Waals surface area contributed by atoms with Crippen molar-refractivity contribution < 1.29 is 14.7 Å². The number of carboxylic acid groups (broad SMARTS) is 1. The molecule has 0 aliphatic heterocycles. The first-order chi connectivity index (χ1) is 7.95. The molecule has 1 aromatic rings. The van der Waals surface area contributed by atoms with Gasteiger partial charge in [0, 0.05) is 0 Å². The van der Waals surface area contributed by atoms with Crippen molar-refractivity contribution in [1.82, 2.24) is 10.3 Å². The SMILES string of the molecule is CC[C@H](NC(=O)c1ccc(Cl)nc1Cl)C(=O)O. The van der Waals surface area contributed by atoms with Crippen LogP contribution in [0, 0.1) is 0 Å². The highest BCUT2D eigenvalue weighted by Gasteiger charge is 2.20. The highest BCUT2D eigenvalue weighted by Crippen LogP contribution is 2.16. The van der Waals surface area contributed by atoms with Crippen molar-refractivity contribution in [3.05, 3.63) is 28.0 Å². The molecule has 7 heteroatoms. The Morgan fingerprint density at radius 3 is 2.59 bits per heavy atom. The number of aliphatic carboxylic acids is 1. The molecule has 1 rings (SSSR count). The zero-order valence-electron chi connectivity index (χ0n) is 8.91. The molecule has 0 aliphatic rings. The van der Waals surface area contributed by atoms with Crippen LogP contribution in [-0.2, 0) is 4.79 Å². The molecule has 0 unspecified atom stereocenters. The molecule has 0 radical (unpaired) electrons. The molecule has 0 fully saturated rings. The lowest BCUT2D eigenvalue weighted by atomic mass is 10.2. The Morgan fingerprint density at radius 2 is 2.12 bits per heavy atom. The molecule has 1 amide bonds. The summed E-state index contributed by atoms with van der Waals surface area (Å²) < 4.78 is 0. The largest absolute Gasteiger partial charge is 0.480 e. The van der Waals surface area contributed by atoms with Gasteiger partial charge in [-0.05, 0) is 18.6 Å². The van der Waals surface area contributed by atoms with Crippen LogP contribution in [0.3, 0.4) is 0 Å². The van der Waals surface area contributed by atoms with E-state index in [0.29, 0.717) is 0 Å². The maximum absolute atomic E-state index is 11.7. The van der Waals surface area contributed by atoms with Gasteiger partial charge < -0.3 is 10.4 Å². The summed E-state index contributed by atoms with van der Waals surface area (Å²) in [6.45, 7) is 1.65. The van der Waals surface area contributed by atoms with Crippen molar-refractivity contribution in [2.24, 2.45) is 0 Å². The number of aromatic nitrogens is 1. The van der Waals surface area contributed by atoms with Crippen LogP contribution in [0.15, 0.2) is 12.1 Å². The van der Waals surface area contributed by atoms with Gasteiger partial charge in [-0.15, -0.1) is 0 Å². The smallest absolute Gasteiger partial charge is 0.326 e. The second-order valence-corrected chi connectivity index (χ2v) is 3.99. The number of halogens is 2. The molecule has 0 spiro atoms. The fourth-order valence-electron chi connectivity index (χ4n) is 1.16. The predicted octanol–water partition coefficient (Wildman–Crippen LogP) is 1.98. The van der Waals surface area contributed by atoms with Crippen molar-refractivity contribution in [3.8, 4) is 0 Å². The minimum atomic E-state index is -1.10. The Labute approximate surface area is 108 Å². The number of rotatable bonds is 4. The van der Waals surface area contributed by atoms with Crippen molar-refractivity contribution in [2.75, 3.05) is 0 Å². The van der Waals surface area contributed by atoms with E-state index in [4.69, 9.17) is 28.3 Å². The monoisotopic (exact) mass is 276 g/mol. The molecule has 0 saturated heterocycles. The first-order valence-corrected chi connectivity index (χ1v) is 5.57. The standard InChI is InChI=1S/C10H10Cl2N2O3/c1-2-6(10(16)17)13-9(15)5-3-4-7(11)14-8(5)12/h3-4,6H,2H2,1H3,(H,13,15)(H,16,17)/t6-/m0/s1. The molecule has 5 nitrogen and oxygen atoms in total. The number of carboxylic acids is 1. The highest BCUT2D eigenvalue weighted by atomic mass is 35.5. The molecular weight excluding hydrogens is 267 g/mol. The molecule has 1 aromatic heterocycles. The lowest BCUT2D eigenvalue weighted by Gasteiger charge is -2.12. The fraction of sp³-hybridized carbons (Fsp3) is 0.300. The van der Waals surface area contributed by atoms with E-state index in [9.17, 15) is 9.59 Å². The molecule has 0 aromatic carbocycles. The molecule has 0 aliphatic carbocycles. The van der Waals surface area contributed by atoms with Crippen LogP contribution in [-0.4, -0.2) is 28.0 Å². The summed E-state index contributed by atoms with van der Waals surface area (Å²) in [6.07, 6.45) is 0.277. The van der Waals surface area contributed by atoms with Gasteiger partial charge in [-0.1, -0.05) is 30.1 Å². The normalized spacial score (nSPS) is 11.9. The molecule has 17 heavy (non-hydrogen) atoms. The summed E-state index contributed by atoms with van der Waals surface area (Å²) in [5.74, 6) is -1.69. The Kier molecular flexibility index (Phi) is 4.72. The summed E-state index contributed by atoms with van der Waals surface area (Å²) in [6, 6.07) is 1.85. The van der Waals surface area contributed by atoms with E-state index < -0.39 is 17.9 Å². The van der Waals surface area contributed by atoms with E-state index in [1.165, 1.54) is 12.1 Å². The van der Waals surface area contributed by atoms with Gasteiger partial charge in [0.05, 0.1) is 5.56 Å². The molecule has 92 valence electrons. The Balaban J connectivity index is 2.86. The maximum atomic E-state index is 11.7. The minimum absolute atomic E-state index is 0.0600. The van der Waals surface area contributed by atoms with Crippen LogP contribution in [0.2, 0.25) is 10.3 Å². The topological polar surface area (TPSA) is 79.3 Å². The molecule has 2 N–H and O–H groups in total. The number of amides is 1. The van der Waals surface area contributed by atoms with E-state index in [0.717, 1.165) is 0 Å². The fourth-order valence-corrected chi connectivity index (χ4v) is 1.59. The first-order valence-electron chi connectivity index (χ1n) is 4.81. The minimum Gasteiger partial charge on any atom is -0.480 e. The van der Waals surface area contributed by atoms with E-state index in [1.807, 2.05) is 0 Å². The molecule has 1 heterocycles. The molecular formula is C10H10Cl2N2O3. The summed E-state index contributed by atoms with van der Waals surface area (Å²) in [5.41, 5.74) is 0.0933. The number of nitrogens with one attached hydrogen (secondary N) is 1. The van der Waals surface area contributed by atoms with Crippen LogP contribution in [0.4, 0.5) is 0 Å². The summed E-state index contributed by atoms with van der Waals surface area (Å²) in [4.78, 5) is 26.2. The van der Waals surface area contributed by atoms with Crippen LogP contribution in [0.1, 0.15) is 23.7 Å². The van der Waals surface area contributed by atoms with Crippen LogP contribution < -0.4 is 5.32 Å².